The van der Waals surface area contributed by atoms with Crippen LogP contribution in [0.2, 0.25) is 0 Å². The van der Waals surface area contributed by atoms with Gasteiger partial charge >= 0.3 is 0 Å². The molecule has 1 aromatic carbocycles. The average Bonchev–Trinajstić information content (AvgIpc) is 2.82. The fourth-order valence-corrected chi connectivity index (χ4v) is 2.52. The van der Waals surface area contributed by atoms with Crippen molar-refractivity contribution in [2.75, 3.05) is 19.6 Å². The SMILES string of the molecule is CCN(Cc1ccccc1)C(=O)C1CNCC1C. The molecular formula is C15H22N2O. The highest BCUT2D eigenvalue weighted by atomic mass is 16.2. The molecule has 1 aromatic rings. The van der Waals surface area contributed by atoms with E-state index in [2.05, 4.69) is 24.4 Å². The van der Waals surface area contributed by atoms with Gasteiger partial charge in [-0.05, 0) is 24.9 Å². The Labute approximate surface area is 109 Å². The summed E-state index contributed by atoms with van der Waals surface area (Å²) in [4.78, 5) is 14.4. The Morgan fingerprint density at radius 3 is 2.61 bits per heavy atom. The summed E-state index contributed by atoms with van der Waals surface area (Å²) in [6, 6.07) is 10.2. The summed E-state index contributed by atoms with van der Waals surface area (Å²) in [6.45, 7) is 7.48. The molecule has 0 aliphatic carbocycles. The zero-order valence-electron chi connectivity index (χ0n) is 11.2. The van der Waals surface area contributed by atoms with E-state index in [9.17, 15) is 4.79 Å². The number of carbonyl (C=O) groups excluding carboxylic acids is 1. The van der Waals surface area contributed by atoms with Crippen molar-refractivity contribution in [2.45, 2.75) is 20.4 Å². The standard InChI is InChI=1S/C15H22N2O/c1-3-17(11-13-7-5-4-6-8-13)15(18)14-10-16-9-12(14)2/h4-8,12,14,16H,3,9-11H2,1-2H3. The van der Waals surface area contributed by atoms with Crippen LogP contribution in [0.1, 0.15) is 19.4 Å². The van der Waals surface area contributed by atoms with E-state index in [4.69, 9.17) is 0 Å². The van der Waals surface area contributed by atoms with Crippen LogP contribution in [0, 0.1) is 11.8 Å². The lowest BCUT2D eigenvalue weighted by molar-refractivity contribution is -0.136. The molecule has 2 unspecified atom stereocenters. The average molecular weight is 246 g/mol. The smallest absolute Gasteiger partial charge is 0.227 e. The Hall–Kier alpha value is -1.35. The van der Waals surface area contributed by atoms with Gasteiger partial charge in [0.05, 0.1) is 5.92 Å². The molecule has 2 rings (SSSR count). The molecule has 0 saturated carbocycles. The van der Waals surface area contributed by atoms with Crippen LogP contribution in [0.5, 0.6) is 0 Å². The van der Waals surface area contributed by atoms with E-state index >= 15 is 0 Å². The minimum absolute atomic E-state index is 0.147. The van der Waals surface area contributed by atoms with Crippen LogP contribution in [0.15, 0.2) is 30.3 Å². The predicted octanol–water partition coefficient (Wildman–Crippen LogP) is 1.89. The summed E-state index contributed by atoms with van der Waals surface area (Å²) in [5.74, 6) is 0.884. The maximum Gasteiger partial charge on any atom is 0.227 e. The molecule has 1 heterocycles. The lowest BCUT2D eigenvalue weighted by atomic mass is 9.96. The fourth-order valence-electron chi connectivity index (χ4n) is 2.52. The van der Waals surface area contributed by atoms with Crippen molar-refractivity contribution in [3.8, 4) is 0 Å². The molecule has 0 spiro atoms. The highest BCUT2D eigenvalue weighted by Gasteiger charge is 2.32. The first-order valence-corrected chi connectivity index (χ1v) is 6.75. The molecule has 3 heteroatoms. The first kappa shape index (κ1) is 13.1. The topological polar surface area (TPSA) is 32.3 Å². The third kappa shape index (κ3) is 2.91. The number of benzene rings is 1. The van der Waals surface area contributed by atoms with Gasteiger partial charge in [-0.2, -0.15) is 0 Å². The van der Waals surface area contributed by atoms with Gasteiger partial charge in [0.1, 0.15) is 0 Å². The van der Waals surface area contributed by atoms with Gasteiger partial charge in [0.15, 0.2) is 0 Å². The molecule has 1 saturated heterocycles. The van der Waals surface area contributed by atoms with E-state index in [0.29, 0.717) is 11.8 Å². The minimum atomic E-state index is 0.147. The maximum absolute atomic E-state index is 12.5. The maximum atomic E-state index is 12.5. The second-order valence-electron chi connectivity index (χ2n) is 5.08. The molecule has 3 nitrogen and oxygen atoms in total. The van der Waals surface area contributed by atoms with Gasteiger partial charge < -0.3 is 10.2 Å². The van der Waals surface area contributed by atoms with Crippen molar-refractivity contribution in [3.05, 3.63) is 35.9 Å². The summed E-state index contributed by atoms with van der Waals surface area (Å²) in [7, 11) is 0. The van der Waals surface area contributed by atoms with E-state index in [1.807, 2.05) is 30.0 Å². The van der Waals surface area contributed by atoms with Gasteiger partial charge in [-0.1, -0.05) is 37.3 Å². The normalized spacial score (nSPS) is 23.0. The van der Waals surface area contributed by atoms with Crippen LogP contribution in [-0.2, 0) is 11.3 Å². The van der Waals surface area contributed by atoms with Crippen molar-refractivity contribution in [1.29, 1.82) is 0 Å². The second kappa shape index (κ2) is 6.01. The van der Waals surface area contributed by atoms with Crippen LogP contribution < -0.4 is 5.32 Å². The number of rotatable bonds is 4. The highest BCUT2D eigenvalue weighted by molar-refractivity contribution is 5.79. The van der Waals surface area contributed by atoms with E-state index in [1.54, 1.807) is 0 Å². The first-order valence-electron chi connectivity index (χ1n) is 6.75. The third-order valence-electron chi connectivity index (χ3n) is 3.74. The van der Waals surface area contributed by atoms with Crippen LogP contribution in [0.25, 0.3) is 0 Å². The van der Waals surface area contributed by atoms with Crippen molar-refractivity contribution >= 4 is 5.91 Å². The van der Waals surface area contributed by atoms with Gasteiger partial charge in [-0.25, -0.2) is 0 Å². The van der Waals surface area contributed by atoms with Crippen LogP contribution >= 0.6 is 0 Å². The number of carbonyl (C=O) groups is 1. The Kier molecular flexibility index (Phi) is 4.37. The zero-order chi connectivity index (χ0) is 13.0. The van der Waals surface area contributed by atoms with Crippen LogP contribution in [-0.4, -0.2) is 30.4 Å². The Morgan fingerprint density at radius 2 is 2.06 bits per heavy atom. The van der Waals surface area contributed by atoms with Gasteiger partial charge in [0, 0.05) is 19.6 Å². The van der Waals surface area contributed by atoms with E-state index < -0.39 is 0 Å². The van der Waals surface area contributed by atoms with Gasteiger partial charge in [0.25, 0.3) is 0 Å². The lowest BCUT2D eigenvalue weighted by Crippen LogP contribution is -2.38. The van der Waals surface area contributed by atoms with E-state index in [0.717, 1.165) is 26.2 Å². The molecule has 2 atom stereocenters. The molecule has 98 valence electrons. The van der Waals surface area contributed by atoms with Crippen LogP contribution in [0.3, 0.4) is 0 Å². The molecule has 18 heavy (non-hydrogen) atoms. The largest absolute Gasteiger partial charge is 0.338 e. The molecule has 1 fully saturated rings. The molecule has 1 amide bonds. The Bertz CT molecular complexity index is 391. The molecule has 0 bridgehead atoms. The number of nitrogens with zero attached hydrogens (tertiary/aromatic N) is 1. The molecule has 1 aliphatic rings. The van der Waals surface area contributed by atoms with Crippen molar-refractivity contribution < 1.29 is 4.79 Å². The summed E-state index contributed by atoms with van der Waals surface area (Å²) >= 11 is 0. The first-order chi connectivity index (χ1) is 8.72. The van der Waals surface area contributed by atoms with Crippen molar-refractivity contribution in [2.24, 2.45) is 11.8 Å². The molecule has 0 radical (unpaired) electrons. The Balaban J connectivity index is 2.02. The summed E-state index contributed by atoms with van der Waals surface area (Å²) < 4.78 is 0. The fraction of sp³-hybridized carbons (Fsp3) is 0.533. The van der Waals surface area contributed by atoms with Crippen molar-refractivity contribution in [3.63, 3.8) is 0 Å². The quantitative estimate of drug-likeness (QED) is 0.880. The number of amides is 1. The number of nitrogens with one attached hydrogen (secondary N) is 1. The van der Waals surface area contributed by atoms with Gasteiger partial charge in [-0.15, -0.1) is 0 Å². The van der Waals surface area contributed by atoms with Crippen molar-refractivity contribution in [1.82, 2.24) is 10.2 Å². The van der Waals surface area contributed by atoms with E-state index in [-0.39, 0.29) is 5.92 Å². The highest BCUT2D eigenvalue weighted by Crippen LogP contribution is 2.19. The number of hydrogen-bond acceptors (Lipinski definition) is 2. The minimum Gasteiger partial charge on any atom is -0.338 e. The monoisotopic (exact) mass is 246 g/mol. The van der Waals surface area contributed by atoms with Gasteiger partial charge in [0.2, 0.25) is 5.91 Å². The molecule has 1 N–H and O–H groups in total. The Morgan fingerprint density at radius 1 is 1.33 bits per heavy atom. The second-order valence-corrected chi connectivity index (χ2v) is 5.08. The third-order valence-corrected chi connectivity index (χ3v) is 3.74. The van der Waals surface area contributed by atoms with E-state index in [1.165, 1.54) is 5.56 Å². The molecule has 1 aliphatic heterocycles. The van der Waals surface area contributed by atoms with Crippen LogP contribution in [0.4, 0.5) is 0 Å². The summed E-state index contributed by atoms with van der Waals surface area (Å²) in [5, 5.41) is 3.30. The molecule has 0 aromatic heterocycles. The van der Waals surface area contributed by atoms with Gasteiger partial charge in [-0.3, -0.25) is 4.79 Å². The predicted molar refractivity (Wildman–Crippen MR) is 73.1 cm³/mol. The molecular weight excluding hydrogens is 224 g/mol. The lowest BCUT2D eigenvalue weighted by Gasteiger charge is -2.25. The summed E-state index contributed by atoms with van der Waals surface area (Å²) in [5.41, 5.74) is 1.20. The number of hydrogen-bond donors (Lipinski definition) is 1. The summed E-state index contributed by atoms with van der Waals surface area (Å²) in [6.07, 6.45) is 0. The zero-order valence-corrected chi connectivity index (χ0v) is 11.2.